The zero-order chi connectivity index (χ0) is 19.4. The Kier molecular flexibility index (Phi) is 6.04. The SMILES string of the molecule is CS(=O)(=O)Nc1cc(C(=O)Nc2cccc(COCC3CC3)c2)ccc1Cl. The summed E-state index contributed by atoms with van der Waals surface area (Å²) in [6.45, 7) is 1.28. The monoisotopic (exact) mass is 408 g/mol. The molecule has 1 saturated carbocycles. The minimum atomic E-state index is -3.50. The molecule has 0 radical (unpaired) electrons. The molecule has 1 aliphatic rings. The summed E-state index contributed by atoms with van der Waals surface area (Å²) in [6, 6.07) is 11.9. The van der Waals surface area contributed by atoms with E-state index in [1.807, 2.05) is 18.2 Å². The van der Waals surface area contributed by atoms with E-state index in [-0.39, 0.29) is 16.6 Å². The summed E-state index contributed by atoms with van der Waals surface area (Å²) >= 11 is 5.99. The van der Waals surface area contributed by atoms with E-state index in [4.69, 9.17) is 16.3 Å². The van der Waals surface area contributed by atoms with Crippen LogP contribution in [0.4, 0.5) is 11.4 Å². The molecule has 0 bridgehead atoms. The van der Waals surface area contributed by atoms with Crippen molar-refractivity contribution in [2.24, 2.45) is 5.92 Å². The molecule has 1 fully saturated rings. The van der Waals surface area contributed by atoms with Crippen LogP contribution in [0.1, 0.15) is 28.8 Å². The third-order valence-corrected chi connectivity index (χ3v) is 4.95. The highest BCUT2D eigenvalue weighted by molar-refractivity contribution is 7.92. The Bertz CT molecular complexity index is 942. The van der Waals surface area contributed by atoms with Crippen LogP contribution in [0.15, 0.2) is 42.5 Å². The van der Waals surface area contributed by atoms with Gasteiger partial charge in [0.1, 0.15) is 0 Å². The van der Waals surface area contributed by atoms with Gasteiger partial charge in [-0.15, -0.1) is 0 Å². The van der Waals surface area contributed by atoms with Gasteiger partial charge in [-0.2, -0.15) is 0 Å². The van der Waals surface area contributed by atoms with Crippen LogP contribution in [0.5, 0.6) is 0 Å². The molecule has 0 aromatic heterocycles. The summed E-state index contributed by atoms with van der Waals surface area (Å²) in [7, 11) is -3.50. The molecule has 0 aliphatic heterocycles. The standard InChI is InChI=1S/C19H21ClN2O4S/c1-27(24,25)22-18-10-15(7-8-17(18)20)19(23)21-16-4-2-3-14(9-16)12-26-11-13-5-6-13/h2-4,7-10,13,22H,5-6,11-12H2,1H3,(H,21,23). The lowest BCUT2D eigenvalue weighted by Gasteiger charge is -2.11. The molecule has 2 aromatic carbocycles. The van der Waals surface area contributed by atoms with Crippen LogP contribution >= 0.6 is 11.6 Å². The maximum absolute atomic E-state index is 12.5. The first kappa shape index (κ1) is 19.7. The Morgan fingerprint density at radius 1 is 1.22 bits per heavy atom. The van der Waals surface area contributed by atoms with E-state index in [0.717, 1.165) is 18.4 Å². The van der Waals surface area contributed by atoms with Gasteiger partial charge >= 0.3 is 0 Å². The second-order valence-electron chi connectivity index (χ2n) is 6.68. The maximum Gasteiger partial charge on any atom is 0.255 e. The van der Waals surface area contributed by atoms with Gasteiger partial charge in [0.05, 0.1) is 23.6 Å². The first-order valence-corrected chi connectivity index (χ1v) is 10.8. The molecule has 2 aromatic rings. The average Bonchev–Trinajstić information content (AvgIpc) is 3.40. The number of sulfonamides is 1. The van der Waals surface area contributed by atoms with Crippen molar-refractivity contribution in [3.8, 4) is 0 Å². The van der Waals surface area contributed by atoms with Crippen molar-refractivity contribution in [2.75, 3.05) is 22.9 Å². The number of rotatable bonds is 8. The molecule has 6 nitrogen and oxygen atoms in total. The second kappa shape index (κ2) is 8.29. The van der Waals surface area contributed by atoms with Crippen LogP contribution in [0, 0.1) is 5.92 Å². The molecular weight excluding hydrogens is 388 g/mol. The van der Waals surface area contributed by atoms with Crippen molar-refractivity contribution < 1.29 is 17.9 Å². The van der Waals surface area contributed by atoms with Crippen molar-refractivity contribution in [3.63, 3.8) is 0 Å². The highest BCUT2D eigenvalue weighted by Crippen LogP contribution is 2.29. The number of amides is 1. The molecule has 0 spiro atoms. The van der Waals surface area contributed by atoms with Gasteiger partial charge in [0, 0.05) is 17.9 Å². The molecule has 144 valence electrons. The van der Waals surface area contributed by atoms with E-state index in [9.17, 15) is 13.2 Å². The lowest BCUT2D eigenvalue weighted by atomic mass is 10.1. The molecule has 0 unspecified atom stereocenters. The number of benzene rings is 2. The van der Waals surface area contributed by atoms with Crippen molar-refractivity contribution in [1.82, 2.24) is 0 Å². The number of halogens is 1. The van der Waals surface area contributed by atoms with Gasteiger partial charge in [-0.05, 0) is 54.7 Å². The Morgan fingerprint density at radius 2 is 2.00 bits per heavy atom. The number of ether oxygens (including phenoxy) is 1. The fourth-order valence-corrected chi connectivity index (χ4v) is 3.30. The van der Waals surface area contributed by atoms with E-state index in [1.54, 1.807) is 6.07 Å². The van der Waals surface area contributed by atoms with Crippen molar-refractivity contribution in [2.45, 2.75) is 19.4 Å². The Balaban J connectivity index is 1.66. The van der Waals surface area contributed by atoms with Crippen LogP contribution in [0.3, 0.4) is 0 Å². The topological polar surface area (TPSA) is 84.5 Å². The first-order valence-electron chi connectivity index (χ1n) is 8.55. The Morgan fingerprint density at radius 3 is 2.70 bits per heavy atom. The number of anilines is 2. The van der Waals surface area contributed by atoms with E-state index >= 15 is 0 Å². The van der Waals surface area contributed by atoms with Gasteiger partial charge in [-0.25, -0.2) is 8.42 Å². The van der Waals surface area contributed by atoms with Crippen molar-refractivity contribution in [3.05, 3.63) is 58.6 Å². The minimum Gasteiger partial charge on any atom is -0.376 e. The third kappa shape index (κ3) is 6.23. The zero-order valence-electron chi connectivity index (χ0n) is 14.9. The second-order valence-corrected chi connectivity index (χ2v) is 8.84. The third-order valence-electron chi connectivity index (χ3n) is 4.03. The minimum absolute atomic E-state index is 0.161. The Labute approximate surface area is 163 Å². The van der Waals surface area contributed by atoms with E-state index in [0.29, 0.717) is 23.8 Å². The summed E-state index contributed by atoms with van der Waals surface area (Å²) < 4.78 is 30.8. The highest BCUT2D eigenvalue weighted by atomic mass is 35.5. The summed E-state index contributed by atoms with van der Waals surface area (Å²) in [5.74, 6) is 0.340. The number of hydrogen-bond donors (Lipinski definition) is 2. The molecule has 27 heavy (non-hydrogen) atoms. The van der Waals surface area contributed by atoms with Gasteiger partial charge in [0.2, 0.25) is 10.0 Å². The molecular formula is C19H21ClN2O4S. The summed E-state index contributed by atoms with van der Waals surface area (Å²) in [5.41, 5.74) is 2.07. The molecule has 2 N–H and O–H groups in total. The van der Waals surface area contributed by atoms with Gasteiger partial charge in [-0.1, -0.05) is 23.7 Å². The number of carbonyl (C=O) groups is 1. The zero-order valence-corrected chi connectivity index (χ0v) is 16.4. The largest absolute Gasteiger partial charge is 0.376 e. The van der Waals surface area contributed by atoms with Gasteiger partial charge < -0.3 is 10.1 Å². The van der Waals surface area contributed by atoms with E-state index in [1.165, 1.54) is 31.0 Å². The highest BCUT2D eigenvalue weighted by Gasteiger charge is 2.21. The van der Waals surface area contributed by atoms with Crippen molar-refractivity contribution in [1.29, 1.82) is 0 Å². The summed E-state index contributed by atoms with van der Waals surface area (Å²) in [4.78, 5) is 12.5. The molecule has 1 amide bonds. The predicted molar refractivity (Wildman–Crippen MR) is 107 cm³/mol. The van der Waals surface area contributed by atoms with E-state index < -0.39 is 10.0 Å². The first-order chi connectivity index (χ1) is 12.8. The van der Waals surface area contributed by atoms with Crippen molar-refractivity contribution >= 4 is 38.9 Å². The lowest BCUT2D eigenvalue weighted by Crippen LogP contribution is -2.14. The number of hydrogen-bond acceptors (Lipinski definition) is 4. The molecule has 0 atom stereocenters. The predicted octanol–water partition coefficient (Wildman–Crippen LogP) is 3.89. The molecule has 8 heteroatoms. The summed E-state index contributed by atoms with van der Waals surface area (Å²) in [5, 5.41) is 3.02. The van der Waals surface area contributed by atoms with Crippen LogP contribution in [0.25, 0.3) is 0 Å². The lowest BCUT2D eigenvalue weighted by molar-refractivity contribution is 0.102. The number of nitrogens with one attached hydrogen (secondary N) is 2. The molecule has 3 rings (SSSR count). The van der Waals surface area contributed by atoms with Crippen LogP contribution in [-0.2, 0) is 21.4 Å². The van der Waals surface area contributed by atoms with E-state index in [2.05, 4.69) is 10.0 Å². The smallest absolute Gasteiger partial charge is 0.255 e. The molecule has 0 heterocycles. The molecule has 0 saturated heterocycles. The average molecular weight is 409 g/mol. The fraction of sp³-hybridized carbons (Fsp3) is 0.316. The van der Waals surface area contributed by atoms with Gasteiger partial charge in [0.25, 0.3) is 5.91 Å². The summed E-state index contributed by atoms with van der Waals surface area (Å²) in [6.07, 6.45) is 3.51. The maximum atomic E-state index is 12.5. The Hall–Kier alpha value is -2.09. The van der Waals surface area contributed by atoms with Crippen LogP contribution in [0.2, 0.25) is 5.02 Å². The fourth-order valence-electron chi connectivity index (χ4n) is 2.51. The van der Waals surface area contributed by atoms with Gasteiger partial charge in [-0.3, -0.25) is 9.52 Å². The van der Waals surface area contributed by atoms with Gasteiger partial charge in [0.15, 0.2) is 0 Å². The number of carbonyl (C=O) groups excluding carboxylic acids is 1. The normalized spacial score (nSPS) is 14.0. The molecule has 1 aliphatic carbocycles. The van der Waals surface area contributed by atoms with Crippen LogP contribution < -0.4 is 10.0 Å². The van der Waals surface area contributed by atoms with Crippen LogP contribution in [-0.4, -0.2) is 27.2 Å². The quantitative estimate of drug-likeness (QED) is 0.693.